The lowest BCUT2D eigenvalue weighted by Crippen LogP contribution is -2.43. The van der Waals surface area contributed by atoms with Crippen molar-refractivity contribution in [3.8, 4) is 0 Å². The fourth-order valence-corrected chi connectivity index (χ4v) is 4.10. The number of aryl methyl sites for hydroxylation is 2. The smallest absolute Gasteiger partial charge is 0.0998 e. The predicted octanol–water partition coefficient (Wildman–Crippen LogP) is 2.85. The first-order chi connectivity index (χ1) is 12.2. The number of nitrogens with zero attached hydrogens (tertiary/aromatic N) is 1. The summed E-state index contributed by atoms with van der Waals surface area (Å²) in [5.41, 5.74) is 13.5. The summed E-state index contributed by atoms with van der Waals surface area (Å²) in [6.07, 6.45) is 8.81. The van der Waals surface area contributed by atoms with E-state index in [0.29, 0.717) is 0 Å². The predicted molar refractivity (Wildman–Crippen MR) is 105 cm³/mol. The van der Waals surface area contributed by atoms with E-state index in [9.17, 15) is 0 Å². The fourth-order valence-electron chi connectivity index (χ4n) is 4.10. The maximum Gasteiger partial charge on any atom is 0.0998 e. The highest BCUT2D eigenvalue weighted by atomic mass is 15.1. The van der Waals surface area contributed by atoms with E-state index in [-0.39, 0.29) is 6.17 Å². The van der Waals surface area contributed by atoms with Gasteiger partial charge in [-0.25, -0.2) is 0 Å². The molecule has 1 unspecified atom stereocenters. The van der Waals surface area contributed by atoms with Crippen LogP contribution < -0.4 is 16.4 Å². The third-order valence-electron chi connectivity index (χ3n) is 5.92. The standard InChI is InChI=1S/C21H32N4/c1-25-11-10-20(23-13-15-6-7-15)19(14-25)21(22)24-18-9-8-16-4-2-3-5-17(16)12-18/h8-9,12,15,21,23-24H,2-7,10-11,13-14,22H2,1H3. The van der Waals surface area contributed by atoms with Gasteiger partial charge in [0.05, 0.1) is 6.17 Å². The van der Waals surface area contributed by atoms with Crippen LogP contribution in [0.4, 0.5) is 5.69 Å². The van der Waals surface area contributed by atoms with E-state index in [1.807, 2.05) is 0 Å². The third kappa shape index (κ3) is 4.18. The summed E-state index contributed by atoms with van der Waals surface area (Å²) in [5.74, 6) is 0.887. The molecule has 1 aliphatic heterocycles. The lowest BCUT2D eigenvalue weighted by atomic mass is 9.91. The molecule has 1 atom stereocenters. The second-order valence-corrected chi connectivity index (χ2v) is 8.13. The maximum atomic E-state index is 6.60. The van der Waals surface area contributed by atoms with Gasteiger partial charge in [0.2, 0.25) is 0 Å². The Morgan fingerprint density at radius 1 is 1.16 bits per heavy atom. The number of rotatable bonds is 6. The molecule has 4 heteroatoms. The second-order valence-electron chi connectivity index (χ2n) is 8.13. The topological polar surface area (TPSA) is 53.3 Å². The van der Waals surface area contributed by atoms with Gasteiger partial charge < -0.3 is 21.3 Å². The largest absolute Gasteiger partial charge is 0.388 e. The number of nitrogens with two attached hydrogens (primary N) is 1. The monoisotopic (exact) mass is 340 g/mol. The Kier molecular flexibility index (Phi) is 5.00. The van der Waals surface area contributed by atoms with Crippen molar-refractivity contribution >= 4 is 5.69 Å². The molecule has 25 heavy (non-hydrogen) atoms. The summed E-state index contributed by atoms with van der Waals surface area (Å²) in [6.45, 7) is 3.18. The Balaban J connectivity index is 1.47. The van der Waals surface area contributed by atoms with Gasteiger partial charge in [0, 0.05) is 31.0 Å². The van der Waals surface area contributed by atoms with Crippen LogP contribution in [0.2, 0.25) is 0 Å². The van der Waals surface area contributed by atoms with Gasteiger partial charge in [0.1, 0.15) is 0 Å². The number of benzene rings is 1. The van der Waals surface area contributed by atoms with Crippen LogP contribution in [-0.4, -0.2) is 37.7 Å². The zero-order valence-corrected chi connectivity index (χ0v) is 15.5. The number of nitrogens with one attached hydrogen (secondary N) is 2. The molecule has 4 rings (SSSR count). The van der Waals surface area contributed by atoms with Crippen molar-refractivity contribution in [2.75, 3.05) is 32.0 Å². The second kappa shape index (κ2) is 7.38. The van der Waals surface area contributed by atoms with Crippen LogP contribution >= 0.6 is 0 Å². The van der Waals surface area contributed by atoms with Gasteiger partial charge in [-0.1, -0.05) is 6.07 Å². The van der Waals surface area contributed by atoms with E-state index in [0.717, 1.165) is 37.7 Å². The molecule has 136 valence electrons. The number of hydrogen-bond acceptors (Lipinski definition) is 4. The van der Waals surface area contributed by atoms with Gasteiger partial charge in [-0.15, -0.1) is 0 Å². The first kappa shape index (κ1) is 16.9. The van der Waals surface area contributed by atoms with E-state index in [4.69, 9.17) is 5.73 Å². The third-order valence-corrected chi connectivity index (χ3v) is 5.92. The van der Waals surface area contributed by atoms with Crippen molar-refractivity contribution in [2.24, 2.45) is 11.7 Å². The van der Waals surface area contributed by atoms with Crippen LogP contribution in [0, 0.1) is 5.92 Å². The van der Waals surface area contributed by atoms with Crippen LogP contribution in [0.25, 0.3) is 0 Å². The molecular formula is C21H32N4. The molecule has 1 fully saturated rings. The molecule has 1 aromatic rings. The lowest BCUT2D eigenvalue weighted by Gasteiger charge is -2.32. The minimum Gasteiger partial charge on any atom is -0.388 e. The van der Waals surface area contributed by atoms with Gasteiger partial charge >= 0.3 is 0 Å². The molecule has 0 aromatic heterocycles. The lowest BCUT2D eigenvalue weighted by molar-refractivity contribution is 0.333. The van der Waals surface area contributed by atoms with Gasteiger partial charge in [-0.3, -0.25) is 0 Å². The molecule has 0 bridgehead atoms. The summed E-state index contributed by atoms with van der Waals surface area (Å²) in [7, 11) is 2.18. The highest BCUT2D eigenvalue weighted by molar-refractivity contribution is 5.51. The van der Waals surface area contributed by atoms with Crippen molar-refractivity contribution in [1.82, 2.24) is 10.2 Å². The summed E-state index contributed by atoms with van der Waals surface area (Å²) < 4.78 is 0. The van der Waals surface area contributed by atoms with Crippen molar-refractivity contribution in [2.45, 2.75) is 51.1 Å². The first-order valence-electron chi connectivity index (χ1n) is 9.97. The Hall–Kier alpha value is -1.52. The minimum atomic E-state index is -0.119. The van der Waals surface area contributed by atoms with Gasteiger partial charge in [-0.05, 0) is 86.7 Å². The number of anilines is 1. The zero-order chi connectivity index (χ0) is 17.2. The summed E-state index contributed by atoms with van der Waals surface area (Å²) in [6, 6.07) is 6.81. The summed E-state index contributed by atoms with van der Waals surface area (Å²) >= 11 is 0. The molecule has 0 radical (unpaired) electrons. The van der Waals surface area contributed by atoms with E-state index in [2.05, 4.69) is 40.8 Å². The average molecular weight is 341 g/mol. The highest BCUT2D eigenvalue weighted by Crippen LogP contribution is 2.29. The maximum absolute atomic E-state index is 6.60. The quantitative estimate of drug-likeness (QED) is 0.697. The normalized spacial score (nSPS) is 22.5. The Morgan fingerprint density at radius 3 is 2.76 bits per heavy atom. The molecule has 1 aromatic carbocycles. The van der Waals surface area contributed by atoms with Crippen LogP contribution in [0.1, 0.15) is 43.2 Å². The molecule has 1 saturated carbocycles. The zero-order valence-electron chi connectivity index (χ0n) is 15.5. The Bertz CT molecular complexity index is 647. The minimum absolute atomic E-state index is 0.119. The summed E-state index contributed by atoms with van der Waals surface area (Å²) in [5, 5.41) is 7.27. The van der Waals surface area contributed by atoms with Gasteiger partial charge in [-0.2, -0.15) is 0 Å². The molecule has 1 heterocycles. The number of fused-ring (bicyclic) bond motifs is 1. The fraction of sp³-hybridized carbons (Fsp3) is 0.619. The molecular weight excluding hydrogens is 308 g/mol. The SMILES string of the molecule is CN1CCC(NCC2CC2)=C(C(N)Nc2ccc3c(c2)CCCC3)C1. The van der Waals surface area contributed by atoms with E-state index < -0.39 is 0 Å². The van der Waals surface area contributed by atoms with E-state index in [1.54, 1.807) is 0 Å². The molecule has 3 aliphatic rings. The van der Waals surface area contributed by atoms with Crippen LogP contribution in [0.3, 0.4) is 0 Å². The molecule has 4 nitrogen and oxygen atoms in total. The molecule has 0 amide bonds. The highest BCUT2D eigenvalue weighted by Gasteiger charge is 2.25. The van der Waals surface area contributed by atoms with Gasteiger partial charge in [0.15, 0.2) is 0 Å². The van der Waals surface area contributed by atoms with Crippen molar-refractivity contribution in [1.29, 1.82) is 0 Å². The average Bonchev–Trinajstić information content (AvgIpc) is 3.45. The van der Waals surface area contributed by atoms with E-state index >= 15 is 0 Å². The molecule has 4 N–H and O–H groups in total. The van der Waals surface area contributed by atoms with Crippen LogP contribution in [0.15, 0.2) is 29.5 Å². The molecule has 2 aliphatic carbocycles. The van der Waals surface area contributed by atoms with Crippen LogP contribution in [-0.2, 0) is 12.8 Å². The number of hydrogen-bond donors (Lipinski definition) is 3. The van der Waals surface area contributed by atoms with Crippen molar-refractivity contribution in [3.63, 3.8) is 0 Å². The Morgan fingerprint density at radius 2 is 1.96 bits per heavy atom. The van der Waals surface area contributed by atoms with Crippen molar-refractivity contribution < 1.29 is 0 Å². The summed E-state index contributed by atoms with van der Waals surface area (Å²) in [4.78, 5) is 2.37. The Labute approximate surface area is 151 Å². The molecule has 0 saturated heterocycles. The van der Waals surface area contributed by atoms with Crippen molar-refractivity contribution in [3.05, 3.63) is 40.6 Å². The number of likely N-dealkylation sites (N-methyl/N-ethyl adjacent to an activating group) is 1. The van der Waals surface area contributed by atoms with Crippen LogP contribution in [0.5, 0.6) is 0 Å². The molecule has 0 spiro atoms. The first-order valence-corrected chi connectivity index (χ1v) is 9.97. The van der Waals surface area contributed by atoms with E-state index in [1.165, 1.54) is 60.9 Å². The van der Waals surface area contributed by atoms with Gasteiger partial charge in [0.25, 0.3) is 0 Å².